The summed E-state index contributed by atoms with van der Waals surface area (Å²) < 4.78 is 2.32. The molecule has 6 heteroatoms. The van der Waals surface area contributed by atoms with E-state index in [4.69, 9.17) is 0 Å². The van der Waals surface area contributed by atoms with Gasteiger partial charge < -0.3 is 14.8 Å². The van der Waals surface area contributed by atoms with Crippen LogP contribution in [-0.4, -0.2) is 35.1 Å². The van der Waals surface area contributed by atoms with E-state index in [2.05, 4.69) is 33.9 Å². The van der Waals surface area contributed by atoms with Crippen LogP contribution in [0.5, 0.6) is 0 Å². The summed E-state index contributed by atoms with van der Waals surface area (Å²) in [6.07, 6.45) is 1.98. The highest BCUT2D eigenvalue weighted by atomic mass is 35.5. The average molecular weight is 253 g/mol. The van der Waals surface area contributed by atoms with Crippen molar-refractivity contribution in [1.82, 2.24) is 19.8 Å². The van der Waals surface area contributed by atoms with Gasteiger partial charge in [0.1, 0.15) is 5.82 Å². The highest BCUT2D eigenvalue weighted by molar-refractivity contribution is 5.85. The minimum atomic E-state index is 0. The quantitative estimate of drug-likeness (QED) is 0.849. The molecule has 0 bridgehead atoms. The molecule has 0 radical (unpaired) electrons. The van der Waals surface area contributed by atoms with Crippen molar-refractivity contribution < 1.29 is 0 Å². The molecule has 1 N–H and O–H groups in total. The van der Waals surface area contributed by atoms with Gasteiger partial charge in [-0.3, -0.25) is 0 Å². The molecule has 0 amide bonds. The smallest absolute Gasteiger partial charge is 0.123 e. The average Bonchev–Trinajstić information content (AvgIpc) is 2.48. The van der Waals surface area contributed by atoms with Gasteiger partial charge in [-0.15, -0.1) is 24.8 Å². The van der Waals surface area contributed by atoms with Gasteiger partial charge in [-0.25, -0.2) is 4.98 Å². The highest BCUT2D eigenvalue weighted by Crippen LogP contribution is 2.09. The molecule has 0 atom stereocenters. The van der Waals surface area contributed by atoms with E-state index in [9.17, 15) is 0 Å². The molecule has 0 aromatic carbocycles. The molecule has 15 heavy (non-hydrogen) atoms. The Bertz CT molecular complexity index is 298. The van der Waals surface area contributed by atoms with Crippen LogP contribution in [0.25, 0.3) is 0 Å². The predicted octanol–water partition coefficient (Wildman–Crippen LogP) is 0.891. The molecule has 0 spiro atoms. The molecule has 0 fully saturated rings. The number of fused-ring (bicyclic) bond motifs is 1. The maximum Gasteiger partial charge on any atom is 0.123 e. The van der Waals surface area contributed by atoms with E-state index in [0.29, 0.717) is 0 Å². The number of nitrogens with zero attached hydrogens (tertiary/aromatic N) is 3. The molecule has 1 aliphatic heterocycles. The number of aromatic nitrogens is 2. The van der Waals surface area contributed by atoms with E-state index in [1.165, 1.54) is 11.5 Å². The summed E-state index contributed by atoms with van der Waals surface area (Å²) >= 11 is 0. The number of hydrogen-bond donors (Lipinski definition) is 1. The van der Waals surface area contributed by atoms with Crippen LogP contribution >= 0.6 is 24.8 Å². The van der Waals surface area contributed by atoms with Gasteiger partial charge >= 0.3 is 0 Å². The van der Waals surface area contributed by atoms with Crippen molar-refractivity contribution in [2.24, 2.45) is 0 Å². The Balaban J connectivity index is 0.000000980. The largest absolute Gasteiger partial charge is 0.328 e. The summed E-state index contributed by atoms with van der Waals surface area (Å²) in [4.78, 5) is 6.57. The summed E-state index contributed by atoms with van der Waals surface area (Å²) in [5, 5.41) is 3.33. The summed E-state index contributed by atoms with van der Waals surface area (Å²) in [5.74, 6) is 1.18. The van der Waals surface area contributed by atoms with Crippen LogP contribution in [0.4, 0.5) is 0 Å². The van der Waals surface area contributed by atoms with Crippen LogP contribution in [0.2, 0.25) is 0 Å². The predicted molar refractivity (Wildman–Crippen MR) is 65.8 cm³/mol. The zero-order valence-electron chi connectivity index (χ0n) is 9.06. The van der Waals surface area contributed by atoms with Crippen molar-refractivity contribution in [1.29, 1.82) is 0 Å². The Morgan fingerprint density at radius 2 is 2.20 bits per heavy atom. The minimum absolute atomic E-state index is 0. The SMILES string of the molecule is CN(C)Cc1ncc2n1CCNC2.Cl.Cl. The van der Waals surface area contributed by atoms with Crippen molar-refractivity contribution in [2.75, 3.05) is 20.6 Å². The lowest BCUT2D eigenvalue weighted by molar-refractivity contribution is 0.373. The topological polar surface area (TPSA) is 33.1 Å². The first kappa shape index (κ1) is 14.7. The number of imidazole rings is 1. The maximum atomic E-state index is 4.42. The number of hydrogen-bond acceptors (Lipinski definition) is 3. The van der Waals surface area contributed by atoms with E-state index in [-0.39, 0.29) is 24.8 Å². The second-order valence-corrected chi connectivity index (χ2v) is 3.73. The Hall–Kier alpha value is -0.290. The van der Waals surface area contributed by atoms with E-state index >= 15 is 0 Å². The molecule has 0 aliphatic carbocycles. The first-order valence-corrected chi connectivity index (χ1v) is 4.66. The molecule has 1 aromatic heterocycles. The molecule has 1 aliphatic rings. The number of halogens is 2. The van der Waals surface area contributed by atoms with E-state index < -0.39 is 0 Å². The van der Waals surface area contributed by atoms with Crippen LogP contribution < -0.4 is 5.32 Å². The normalized spacial score (nSPS) is 14.1. The van der Waals surface area contributed by atoms with Crippen LogP contribution in [-0.2, 0) is 19.6 Å². The monoisotopic (exact) mass is 252 g/mol. The van der Waals surface area contributed by atoms with Gasteiger partial charge in [0.2, 0.25) is 0 Å². The van der Waals surface area contributed by atoms with Gasteiger partial charge in [-0.2, -0.15) is 0 Å². The molecule has 1 aromatic rings. The zero-order chi connectivity index (χ0) is 9.26. The van der Waals surface area contributed by atoms with Gasteiger partial charge in [0.25, 0.3) is 0 Å². The molecule has 0 saturated heterocycles. The molecule has 0 unspecified atom stereocenters. The summed E-state index contributed by atoms with van der Waals surface area (Å²) in [6, 6.07) is 0. The Kier molecular flexibility index (Phi) is 6.20. The molecular formula is C9H18Cl2N4. The van der Waals surface area contributed by atoms with Crippen molar-refractivity contribution in [3.05, 3.63) is 17.7 Å². The fourth-order valence-corrected chi connectivity index (χ4v) is 1.68. The second kappa shape index (κ2) is 6.33. The van der Waals surface area contributed by atoms with Crippen molar-refractivity contribution in [2.45, 2.75) is 19.6 Å². The van der Waals surface area contributed by atoms with Gasteiger partial charge in [-0.05, 0) is 14.1 Å². The van der Waals surface area contributed by atoms with Gasteiger partial charge in [-0.1, -0.05) is 0 Å². The summed E-state index contributed by atoms with van der Waals surface area (Å²) in [5.41, 5.74) is 1.31. The third-order valence-electron chi connectivity index (χ3n) is 2.30. The highest BCUT2D eigenvalue weighted by Gasteiger charge is 2.13. The fraction of sp³-hybridized carbons (Fsp3) is 0.667. The van der Waals surface area contributed by atoms with E-state index in [1.54, 1.807) is 0 Å². The Labute approximate surface area is 103 Å². The molecule has 88 valence electrons. The first-order chi connectivity index (χ1) is 6.27. The van der Waals surface area contributed by atoms with Crippen molar-refractivity contribution >= 4 is 24.8 Å². The van der Waals surface area contributed by atoms with Crippen LogP contribution in [0.3, 0.4) is 0 Å². The minimum Gasteiger partial charge on any atom is -0.328 e. The first-order valence-electron chi connectivity index (χ1n) is 4.66. The summed E-state index contributed by atoms with van der Waals surface area (Å²) in [7, 11) is 4.14. The molecule has 2 heterocycles. The second-order valence-electron chi connectivity index (χ2n) is 3.73. The Morgan fingerprint density at radius 1 is 1.47 bits per heavy atom. The Morgan fingerprint density at radius 3 is 2.87 bits per heavy atom. The van der Waals surface area contributed by atoms with Crippen LogP contribution in [0.1, 0.15) is 11.5 Å². The van der Waals surface area contributed by atoms with Gasteiger partial charge in [0.05, 0.1) is 12.2 Å². The fourth-order valence-electron chi connectivity index (χ4n) is 1.68. The van der Waals surface area contributed by atoms with Gasteiger partial charge in [0, 0.05) is 25.8 Å². The number of rotatable bonds is 2. The third kappa shape index (κ3) is 3.34. The van der Waals surface area contributed by atoms with E-state index in [1.807, 2.05) is 6.20 Å². The summed E-state index contributed by atoms with van der Waals surface area (Å²) in [6.45, 7) is 4.00. The zero-order valence-corrected chi connectivity index (χ0v) is 10.7. The maximum absolute atomic E-state index is 4.42. The van der Waals surface area contributed by atoms with E-state index in [0.717, 1.165) is 26.2 Å². The molecular weight excluding hydrogens is 235 g/mol. The third-order valence-corrected chi connectivity index (χ3v) is 2.30. The lowest BCUT2D eigenvalue weighted by atomic mass is 10.3. The van der Waals surface area contributed by atoms with Crippen molar-refractivity contribution in [3.8, 4) is 0 Å². The molecule has 2 rings (SSSR count). The van der Waals surface area contributed by atoms with Crippen molar-refractivity contribution in [3.63, 3.8) is 0 Å². The standard InChI is InChI=1S/C9H16N4.2ClH/c1-12(2)7-9-11-6-8-5-10-3-4-13(8)9;;/h6,10H,3-5,7H2,1-2H3;2*1H. The lowest BCUT2D eigenvalue weighted by Gasteiger charge is -2.19. The van der Waals surface area contributed by atoms with Crippen LogP contribution in [0.15, 0.2) is 6.20 Å². The van der Waals surface area contributed by atoms with Gasteiger partial charge in [0.15, 0.2) is 0 Å². The van der Waals surface area contributed by atoms with Crippen LogP contribution in [0, 0.1) is 0 Å². The molecule has 0 saturated carbocycles. The molecule has 4 nitrogen and oxygen atoms in total. The lowest BCUT2D eigenvalue weighted by Crippen LogP contribution is -2.29. The number of nitrogens with one attached hydrogen (secondary N) is 1.